The number of oxazole rings is 1. The zero-order valence-corrected chi connectivity index (χ0v) is 13.4. The van der Waals surface area contributed by atoms with E-state index in [0.717, 1.165) is 0 Å². The van der Waals surface area contributed by atoms with Crippen LogP contribution in [0, 0.1) is 0 Å². The van der Waals surface area contributed by atoms with E-state index in [4.69, 9.17) is 9.15 Å². The van der Waals surface area contributed by atoms with E-state index in [9.17, 15) is 13.2 Å². The van der Waals surface area contributed by atoms with Crippen LogP contribution in [0.15, 0.2) is 32.3 Å². The van der Waals surface area contributed by atoms with Crippen molar-refractivity contribution in [3.63, 3.8) is 0 Å². The minimum Gasteiger partial charge on any atom is -0.408 e. The lowest BCUT2D eigenvalue weighted by Gasteiger charge is -2.26. The first-order valence-corrected chi connectivity index (χ1v) is 8.45. The summed E-state index contributed by atoms with van der Waals surface area (Å²) in [4.78, 5) is 11.5. The molecule has 1 unspecified atom stereocenters. The van der Waals surface area contributed by atoms with Crippen LogP contribution in [0.5, 0.6) is 0 Å². The largest absolute Gasteiger partial charge is 0.419 e. The maximum Gasteiger partial charge on any atom is 0.419 e. The molecule has 1 saturated heterocycles. The highest BCUT2D eigenvalue weighted by molar-refractivity contribution is 7.89. The lowest BCUT2D eigenvalue weighted by atomic mass is 10.0. The zero-order valence-electron chi connectivity index (χ0n) is 12.6. The summed E-state index contributed by atoms with van der Waals surface area (Å²) in [5.41, 5.74) is 0.252. The summed E-state index contributed by atoms with van der Waals surface area (Å²) < 4.78 is 39.6. The van der Waals surface area contributed by atoms with Crippen molar-refractivity contribution in [2.24, 2.45) is 7.05 Å². The number of rotatable bonds is 3. The van der Waals surface area contributed by atoms with Gasteiger partial charge in [-0.1, -0.05) is 0 Å². The summed E-state index contributed by atoms with van der Waals surface area (Å²) in [6, 6.07) is 4.09. The van der Waals surface area contributed by atoms with E-state index in [0.29, 0.717) is 18.5 Å². The van der Waals surface area contributed by atoms with Crippen LogP contribution < -0.4 is 10.5 Å². The van der Waals surface area contributed by atoms with Gasteiger partial charge in [0, 0.05) is 19.7 Å². The van der Waals surface area contributed by atoms with Gasteiger partial charge in [0.05, 0.1) is 22.1 Å². The first-order valence-electron chi connectivity index (χ1n) is 6.96. The van der Waals surface area contributed by atoms with Crippen molar-refractivity contribution >= 4 is 21.1 Å². The first kappa shape index (κ1) is 15.3. The topological polar surface area (TPSA) is 90.5 Å². The van der Waals surface area contributed by atoms with Crippen molar-refractivity contribution in [3.05, 3.63) is 28.7 Å². The van der Waals surface area contributed by atoms with E-state index in [2.05, 4.69) is 4.72 Å². The Balaban J connectivity index is 1.97. The quantitative estimate of drug-likeness (QED) is 0.908. The summed E-state index contributed by atoms with van der Waals surface area (Å²) in [7, 11) is -2.14. The van der Waals surface area contributed by atoms with Crippen LogP contribution in [0.3, 0.4) is 0 Å². The van der Waals surface area contributed by atoms with Gasteiger partial charge in [-0.25, -0.2) is 17.9 Å². The van der Waals surface area contributed by atoms with Gasteiger partial charge in [0.15, 0.2) is 5.58 Å². The average molecular weight is 326 g/mol. The highest BCUT2D eigenvalue weighted by atomic mass is 32.2. The second-order valence-corrected chi connectivity index (χ2v) is 7.68. The number of hydrogen-bond donors (Lipinski definition) is 1. The Hall–Kier alpha value is -1.64. The molecular weight excluding hydrogens is 308 g/mol. The Morgan fingerprint density at radius 1 is 1.36 bits per heavy atom. The Labute approximate surface area is 127 Å². The number of ether oxygens (including phenoxy) is 1. The molecule has 1 atom stereocenters. The van der Waals surface area contributed by atoms with Gasteiger partial charge in [-0.05, 0) is 32.4 Å². The molecule has 1 aromatic carbocycles. The van der Waals surface area contributed by atoms with Crippen LogP contribution in [-0.4, -0.2) is 31.2 Å². The number of hydrogen-bond acceptors (Lipinski definition) is 5. The van der Waals surface area contributed by atoms with Crippen LogP contribution >= 0.6 is 0 Å². The van der Waals surface area contributed by atoms with E-state index in [1.807, 2.05) is 13.8 Å². The third-order valence-corrected chi connectivity index (χ3v) is 5.56. The van der Waals surface area contributed by atoms with E-state index in [1.165, 1.54) is 16.7 Å². The van der Waals surface area contributed by atoms with Crippen LogP contribution in [-0.2, 0) is 21.8 Å². The molecule has 2 aromatic rings. The minimum absolute atomic E-state index is 0.0667. The molecule has 3 rings (SSSR count). The van der Waals surface area contributed by atoms with Gasteiger partial charge >= 0.3 is 5.76 Å². The third-order valence-electron chi connectivity index (χ3n) is 4.09. The Bertz CT molecular complexity index is 878. The van der Waals surface area contributed by atoms with Gasteiger partial charge in [-0.15, -0.1) is 0 Å². The van der Waals surface area contributed by atoms with E-state index >= 15 is 0 Å². The third kappa shape index (κ3) is 2.47. The highest BCUT2D eigenvalue weighted by Crippen LogP contribution is 2.27. The fraction of sp³-hybridized carbons (Fsp3) is 0.500. The molecule has 2 heterocycles. The molecule has 1 fully saturated rings. The monoisotopic (exact) mass is 326 g/mol. The van der Waals surface area contributed by atoms with Gasteiger partial charge < -0.3 is 9.15 Å². The van der Waals surface area contributed by atoms with E-state index in [-0.39, 0.29) is 16.5 Å². The molecule has 0 saturated carbocycles. The smallest absolute Gasteiger partial charge is 0.408 e. The van der Waals surface area contributed by atoms with Crippen LogP contribution in [0.1, 0.15) is 20.3 Å². The molecule has 0 aliphatic carbocycles. The molecule has 0 bridgehead atoms. The van der Waals surface area contributed by atoms with Crippen LogP contribution in [0.2, 0.25) is 0 Å². The summed E-state index contributed by atoms with van der Waals surface area (Å²) in [5.74, 6) is -0.525. The summed E-state index contributed by atoms with van der Waals surface area (Å²) >= 11 is 0. The first-order chi connectivity index (χ1) is 10.2. The van der Waals surface area contributed by atoms with Gasteiger partial charge in [0.25, 0.3) is 0 Å². The average Bonchev–Trinajstić information content (AvgIpc) is 2.90. The second-order valence-electron chi connectivity index (χ2n) is 5.97. The highest BCUT2D eigenvalue weighted by Gasteiger charge is 2.38. The van der Waals surface area contributed by atoms with Gasteiger partial charge in [-0.3, -0.25) is 4.57 Å². The van der Waals surface area contributed by atoms with Crippen molar-refractivity contribution in [2.75, 3.05) is 6.61 Å². The summed E-state index contributed by atoms with van der Waals surface area (Å²) in [5, 5.41) is 0. The molecule has 0 radical (unpaired) electrons. The van der Waals surface area contributed by atoms with Gasteiger partial charge in [0.1, 0.15) is 0 Å². The SMILES string of the molecule is Cn1c(=O)oc2cc(S(=O)(=O)NC3CCOC3(C)C)ccc21. The number of fused-ring (bicyclic) bond motifs is 1. The molecular formula is C14H18N2O5S. The molecule has 7 nitrogen and oxygen atoms in total. The number of aryl methyl sites for hydroxylation is 1. The standard InChI is InChI=1S/C14H18N2O5S/c1-14(2)12(6-7-20-14)15-22(18,19)9-4-5-10-11(8-9)21-13(17)16(10)3/h4-5,8,12,15H,6-7H2,1-3H3. The molecule has 1 aliphatic heterocycles. The summed E-state index contributed by atoms with van der Waals surface area (Å²) in [6.45, 7) is 4.23. The fourth-order valence-corrected chi connectivity index (χ4v) is 4.05. The molecule has 0 spiro atoms. The van der Waals surface area contributed by atoms with Crippen molar-refractivity contribution in [1.82, 2.24) is 9.29 Å². The lowest BCUT2D eigenvalue weighted by molar-refractivity contribution is 0.0256. The Morgan fingerprint density at radius 3 is 2.73 bits per heavy atom. The fourth-order valence-electron chi connectivity index (χ4n) is 2.63. The molecule has 1 aromatic heterocycles. The maximum absolute atomic E-state index is 12.5. The zero-order chi connectivity index (χ0) is 16.1. The lowest BCUT2D eigenvalue weighted by Crippen LogP contribution is -2.46. The number of nitrogens with zero attached hydrogens (tertiary/aromatic N) is 1. The number of benzene rings is 1. The van der Waals surface area contributed by atoms with Crippen molar-refractivity contribution in [3.8, 4) is 0 Å². The molecule has 1 aliphatic rings. The van der Waals surface area contributed by atoms with Gasteiger partial charge in [-0.2, -0.15) is 0 Å². The molecule has 22 heavy (non-hydrogen) atoms. The van der Waals surface area contributed by atoms with Crippen LogP contribution in [0.25, 0.3) is 11.1 Å². The normalized spacial score (nSPS) is 21.5. The Morgan fingerprint density at radius 2 is 2.09 bits per heavy atom. The predicted octanol–water partition coefficient (Wildman–Crippen LogP) is 0.977. The number of aromatic nitrogens is 1. The number of nitrogens with one attached hydrogen (secondary N) is 1. The van der Waals surface area contributed by atoms with Gasteiger partial charge in [0.2, 0.25) is 10.0 Å². The van der Waals surface area contributed by atoms with E-state index < -0.39 is 21.4 Å². The molecule has 1 N–H and O–H groups in total. The van der Waals surface area contributed by atoms with Crippen molar-refractivity contribution in [1.29, 1.82) is 0 Å². The minimum atomic E-state index is -3.71. The predicted molar refractivity (Wildman–Crippen MR) is 80.2 cm³/mol. The maximum atomic E-state index is 12.5. The molecule has 8 heteroatoms. The summed E-state index contributed by atoms with van der Waals surface area (Å²) in [6.07, 6.45) is 0.620. The number of sulfonamides is 1. The van der Waals surface area contributed by atoms with Crippen molar-refractivity contribution < 1.29 is 17.6 Å². The molecule has 0 amide bonds. The van der Waals surface area contributed by atoms with E-state index in [1.54, 1.807) is 13.1 Å². The Kier molecular flexibility index (Phi) is 3.42. The molecule has 120 valence electrons. The van der Waals surface area contributed by atoms with Crippen LogP contribution in [0.4, 0.5) is 0 Å². The second kappa shape index (κ2) is 4.94. The van der Waals surface area contributed by atoms with Crippen molar-refractivity contribution in [2.45, 2.75) is 36.8 Å².